The highest BCUT2D eigenvalue weighted by Crippen LogP contribution is 2.51. The van der Waals surface area contributed by atoms with E-state index < -0.39 is 5.97 Å². The molecule has 0 aromatic heterocycles. The average Bonchev–Trinajstić information content (AvgIpc) is 3.09. The second kappa shape index (κ2) is 5.79. The van der Waals surface area contributed by atoms with Crippen LogP contribution < -0.4 is 0 Å². The number of carbonyl (C=O) groups is 1. The third-order valence-corrected chi connectivity index (χ3v) is 4.95. The van der Waals surface area contributed by atoms with Crippen molar-refractivity contribution in [3.05, 3.63) is 35.4 Å². The summed E-state index contributed by atoms with van der Waals surface area (Å²) in [6.07, 6.45) is 3.59. The van der Waals surface area contributed by atoms with Crippen molar-refractivity contribution in [1.82, 2.24) is 0 Å². The summed E-state index contributed by atoms with van der Waals surface area (Å²) >= 11 is 1.87. The van der Waals surface area contributed by atoms with Crippen LogP contribution in [-0.2, 0) is 17.0 Å². The van der Waals surface area contributed by atoms with Crippen LogP contribution in [0.15, 0.2) is 24.3 Å². The Kier molecular flexibility index (Phi) is 4.33. The van der Waals surface area contributed by atoms with Crippen LogP contribution in [0.5, 0.6) is 0 Å². The Labute approximate surface area is 113 Å². The second-order valence-corrected chi connectivity index (χ2v) is 6.22. The van der Waals surface area contributed by atoms with Gasteiger partial charge < -0.3 is 5.11 Å². The Bertz CT molecular complexity index is 407. The summed E-state index contributed by atoms with van der Waals surface area (Å²) in [6.45, 7) is 2.16. The zero-order chi connectivity index (χ0) is 13.0. The van der Waals surface area contributed by atoms with E-state index in [2.05, 4.69) is 31.2 Å². The highest BCUT2D eigenvalue weighted by atomic mass is 32.2. The monoisotopic (exact) mass is 264 g/mol. The minimum atomic E-state index is -0.652. The van der Waals surface area contributed by atoms with Crippen LogP contribution in [0, 0.1) is 5.41 Å². The lowest BCUT2D eigenvalue weighted by Gasteiger charge is -2.11. The SMILES string of the molecule is CCc1ccc(CSCC2(CC(=O)O)CC2)cc1. The summed E-state index contributed by atoms with van der Waals surface area (Å²) < 4.78 is 0. The maximum atomic E-state index is 10.7. The molecule has 18 heavy (non-hydrogen) atoms. The van der Waals surface area contributed by atoms with Crippen molar-refractivity contribution in [3.8, 4) is 0 Å². The Morgan fingerprint density at radius 1 is 1.28 bits per heavy atom. The van der Waals surface area contributed by atoms with Gasteiger partial charge in [-0.2, -0.15) is 11.8 Å². The molecule has 1 aliphatic rings. The second-order valence-electron chi connectivity index (χ2n) is 5.23. The van der Waals surface area contributed by atoms with Gasteiger partial charge in [0.25, 0.3) is 0 Å². The van der Waals surface area contributed by atoms with E-state index in [4.69, 9.17) is 5.11 Å². The molecule has 0 saturated heterocycles. The fourth-order valence-corrected chi connectivity index (χ4v) is 3.48. The Hall–Kier alpha value is -0.960. The molecule has 0 amide bonds. The zero-order valence-corrected chi connectivity index (χ0v) is 11.6. The van der Waals surface area contributed by atoms with Crippen LogP contribution in [-0.4, -0.2) is 16.8 Å². The number of aryl methyl sites for hydroxylation is 1. The topological polar surface area (TPSA) is 37.3 Å². The van der Waals surface area contributed by atoms with Crippen LogP contribution in [0.25, 0.3) is 0 Å². The molecule has 1 aromatic carbocycles. The van der Waals surface area contributed by atoms with E-state index in [0.717, 1.165) is 30.8 Å². The lowest BCUT2D eigenvalue weighted by Crippen LogP contribution is -2.11. The number of thioether (sulfide) groups is 1. The quantitative estimate of drug-likeness (QED) is 0.815. The molecular weight excluding hydrogens is 244 g/mol. The van der Waals surface area contributed by atoms with Gasteiger partial charge in [-0.3, -0.25) is 4.79 Å². The summed E-state index contributed by atoms with van der Waals surface area (Å²) in [5, 5.41) is 8.85. The number of aliphatic carboxylic acids is 1. The minimum absolute atomic E-state index is 0.111. The van der Waals surface area contributed by atoms with E-state index in [-0.39, 0.29) is 5.41 Å². The summed E-state index contributed by atoms with van der Waals surface area (Å²) in [5.74, 6) is 1.32. The van der Waals surface area contributed by atoms with Crippen LogP contribution in [0.2, 0.25) is 0 Å². The first kappa shape index (κ1) is 13.5. The highest BCUT2D eigenvalue weighted by Gasteiger charge is 2.43. The van der Waals surface area contributed by atoms with Crippen molar-refractivity contribution in [2.75, 3.05) is 5.75 Å². The molecule has 2 nitrogen and oxygen atoms in total. The third-order valence-electron chi connectivity index (χ3n) is 3.59. The van der Waals surface area contributed by atoms with Crippen LogP contribution in [0.4, 0.5) is 0 Å². The summed E-state index contributed by atoms with van der Waals surface area (Å²) in [6, 6.07) is 8.73. The number of benzene rings is 1. The lowest BCUT2D eigenvalue weighted by molar-refractivity contribution is -0.138. The molecule has 0 radical (unpaired) electrons. The van der Waals surface area contributed by atoms with Gasteiger partial charge in [0.05, 0.1) is 6.42 Å². The zero-order valence-electron chi connectivity index (χ0n) is 10.8. The highest BCUT2D eigenvalue weighted by molar-refractivity contribution is 7.98. The Morgan fingerprint density at radius 2 is 1.89 bits per heavy atom. The normalized spacial score (nSPS) is 16.5. The summed E-state index contributed by atoms with van der Waals surface area (Å²) in [7, 11) is 0. The smallest absolute Gasteiger partial charge is 0.303 e. The molecule has 0 spiro atoms. The van der Waals surface area contributed by atoms with Gasteiger partial charge in [0, 0.05) is 5.75 Å². The van der Waals surface area contributed by atoms with Gasteiger partial charge in [-0.15, -0.1) is 0 Å². The predicted molar refractivity (Wildman–Crippen MR) is 75.9 cm³/mol. The maximum Gasteiger partial charge on any atom is 0.303 e. The number of carboxylic acids is 1. The number of hydrogen-bond donors (Lipinski definition) is 1. The largest absolute Gasteiger partial charge is 0.481 e. The van der Waals surface area contributed by atoms with Crippen molar-refractivity contribution in [2.45, 2.75) is 38.4 Å². The van der Waals surface area contributed by atoms with Gasteiger partial charge in [-0.25, -0.2) is 0 Å². The van der Waals surface area contributed by atoms with E-state index in [1.54, 1.807) is 0 Å². The molecule has 0 atom stereocenters. The molecule has 0 bridgehead atoms. The third kappa shape index (κ3) is 3.77. The average molecular weight is 264 g/mol. The van der Waals surface area contributed by atoms with Gasteiger partial charge in [0.2, 0.25) is 0 Å². The van der Waals surface area contributed by atoms with Gasteiger partial charge in [0.15, 0.2) is 0 Å². The van der Waals surface area contributed by atoms with Gasteiger partial charge >= 0.3 is 5.97 Å². The van der Waals surface area contributed by atoms with Crippen molar-refractivity contribution in [2.24, 2.45) is 5.41 Å². The lowest BCUT2D eigenvalue weighted by atomic mass is 10.1. The molecule has 2 rings (SSSR count). The Balaban J connectivity index is 1.76. The molecule has 0 heterocycles. The molecule has 1 aliphatic carbocycles. The van der Waals surface area contributed by atoms with Crippen LogP contribution in [0.3, 0.4) is 0 Å². The fraction of sp³-hybridized carbons (Fsp3) is 0.533. The molecule has 0 unspecified atom stereocenters. The minimum Gasteiger partial charge on any atom is -0.481 e. The van der Waals surface area contributed by atoms with E-state index in [1.165, 1.54) is 11.1 Å². The van der Waals surface area contributed by atoms with E-state index in [1.807, 2.05) is 11.8 Å². The van der Waals surface area contributed by atoms with Crippen molar-refractivity contribution >= 4 is 17.7 Å². The molecule has 98 valence electrons. The summed E-state index contributed by atoms with van der Waals surface area (Å²) in [4.78, 5) is 10.7. The van der Waals surface area contributed by atoms with E-state index in [0.29, 0.717) is 6.42 Å². The first-order valence-electron chi connectivity index (χ1n) is 6.51. The molecule has 1 N–H and O–H groups in total. The number of hydrogen-bond acceptors (Lipinski definition) is 2. The summed E-state index contributed by atoms with van der Waals surface area (Å²) in [5.41, 5.74) is 2.82. The molecule has 1 fully saturated rings. The van der Waals surface area contributed by atoms with Crippen molar-refractivity contribution < 1.29 is 9.90 Å². The van der Waals surface area contributed by atoms with Crippen molar-refractivity contribution in [3.63, 3.8) is 0 Å². The van der Waals surface area contributed by atoms with Crippen LogP contribution >= 0.6 is 11.8 Å². The van der Waals surface area contributed by atoms with Gasteiger partial charge in [0.1, 0.15) is 0 Å². The number of rotatable bonds is 7. The first-order chi connectivity index (χ1) is 8.63. The van der Waals surface area contributed by atoms with E-state index in [9.17, 15) is 4.79 Å². The standard InChI is InChI=1S/C15H20O2S/c1-2-12-3-5-13(6-4-12)10-18-11-15(7-8-15)9-14(16)17/h3-6H,2,7-11H2,1H3,(H,16,17). The molecule has 3 heteroatoms. The molecular formula is C15H20O2S. The maximum absolute atomic E-state index is 10.7. The molecule has 1 aromatic rings. The fourth-order valence-electron chi connectivity index (χ4n) is 2.13. The van der Waals surface area contributed by atoms with Crippen molar-refractivity contribution in [1.29, 1.82) is 0 Å². The molecule has 1 saturated carbocycles. The van der Waals surface area contributed by atoms with Gasteiger partial charge in [-0.1, -0.05) is 31.2 Å². The Morgan fingerprint density at radius 3 is 2.39 bits per heavy atom. The van der Waals surface area contributed by atoms with Gasteiger partial charge in [-0.05, 0) is 41.6 Å². The number of carboxylic acid groups (broad SMARTS) is 1. The predicted octanol–water partition coefficient (Wildman–Crippen LogP) is 3.74. The first-order valence-corrected chi connectivity index (χ1v) is 7.66. The van der Waals surface area contributed by atoms with E-state index >= 15 is 0 Å². The van der Waals surface area contributed by atoms with Crippen LogP contribution in [0.1, 0.15) is 37.3 Å². The molecule has 0 aliphatic heterocycles.